The van der Waals surface area contributed by atoms with Gasteiger partial charge in [0.2, 0.25) is 0 Å². The molecule has 0 bridgehead atoms. The molecule has 2 aromatic heterocycles. The standard InChI is InChI=1S/C22H19F2N5O4/c1-32-17-8-18(33-2)20(24)21(19(17)23)28(5-6-30)13-3-4-16-15(7-13)22(31)29(12-27-16)14-9-25-11-26-10-14/h3-4,7-12,30H,5-6H2,1-2H3. The van der Waals surface area contributed by atoms with Gasteiger partial charge < -0.3 is 19.5 Å². The highest BCUT2D eigenvalue weighted by molar-refractivity contribution is 5.84. The number of nitrogens with zero attached hydrogens (tertiary/aromatic N) is 5. The zero-order chi connectivity index (χ0) is 23.5. The van der Waals surface area contributed by atoms with E-state index >= 15 is 8.78 Å². The van der Waals surface area contributed by atoms with Gasteiger partial charge in [0.05, 0.1) is 49.8 Å². The first-order valence-corrected chi connectivity index (χ1v) is 9.75. The molecule has 0 radical (unpaired) electrons. The number of hydrogen-bond acceptors (Lipinski definition) is 8. The van der Waals surface area contributed by atoms with Crippen LogP contribution in [-0.4, -0.2) is 52.0 Å². The normalized spacial score (nSPS) is 10.9. The molecular weight excluding hydrogens is 436 g/mol. The van der Waals surface area contributed by atoms with Crippen LogP contribution in [0.2, 0.25) is 0 Å². The SMILES string of the molecule is COc1cc(OC)c(F)c(N(CCO)c2ccc3ncn(-c4cncnc4)c(=O)c3c2)c1F. The molecule has 0 aliphatic rings. The van der Waals surface area contributed by atoms with Gasteiger partial charge in [0, 0.05) is 18.3 Å². The summed E-state index contributed by atoms with van der Waals surface area (Å²) in [6, 6.07) is 5.64. The fourth-order valence-electron chi connectivity index (χ4n) is 3.46. The Morgan fingerprint density at radius 1 is 1.06 bits per heavy atom. The molecule has 2 aromatic carbocycles. The highest BCUT2D eigenvalue weighted by atomic mass is 19.1. The van der Waals surface area contributed by atoms with Crippen LogP contribution in [0.15, 0.2) is 54.1 Å². The van der Waals surface area contributed by atoms with E-state index in [4.69, 9.17) is 9.47 Å². The van der Waals surface area contributed by atoms with E-state index in [1.807, 2.05) is 0 Å². The summed E-state index contributed by atoms with van der Waals surface area (Å²) in [4.78, 5) is 26.4. The van der Waals surface area contributed by atoms with E-state index in [2.05, 4.69) is 15.0 Å². The van der Waals surface area contributed by atoms with Crippen molar-refractivity contribution < 1.29 is 23.4 Å². The first-order valence-electron chi connectivity index (χ1n) is 9.75. The average Bonchev–Trinajstić information content (AvgIpc) is 2.84. The third-order valence-corrected chi connectivity index (χ3v) is 5.02. The molecule has 170 valence electrons. The minimum absolute atomic E-state index is 0.170. The van der Waals surface area contributed by atoms with Gasteiger partial charge in [0.25, 0.3) is 5.56 Å². The third kappa shape index (κ3) is 3.94. The summed E-state index contributed by atoms with van der Waals surface area (Å²) in [7, 11) is 2.49. The number of aromatic nitrogens is 4. The summed E-state index contributed by atoms with van der Waals surface area (Å²) in [6.07, 6.45) is 5.59. The first kappa shape index (κ1) is 22.1. The topological polar surface area (TPSA) is 103 Å². The smallest absolute Gasteiger partial charge is 0.265 e. The van der Waals surface area contributed by atoms with Crippen molar-refractivity contribution in [2.75, 3.05) is 32.3 Å². The summed E-state index contributed by atoms with van der Waals surface area (Å²) in [5.74, 6) is -2.43. The lowest BCUT2D eigenvalue weighted by molar-refractivity contribution is 0.304. The summed E-state index contributed by atoms with van der Waals surface area (Å²) >= 11 is 0. The van der Waals surface area contributed by atoms with E-state index in [1.165, 1.54) is 54.8 Å². The molecule has 9 nitrogen and oxygen atoms in total. The number of fused-ring (bicyclic) bond motifs is 1. The van der Waals surface area contributed by atoms with Gasteiger partial charge >= 0.3 is 0 Å². The molecule has 4 aromatic rings. The molecule has 0 aliphatic carbocycles. The van der Waals surface area contributed by atoms with Crippen LogP contribution in [0.3, 0.4) is 0 Å². The van der Waals surface area contributed by atoms with Crippen molar-refractivity contribution in [3.63, 3.8) is 0 Å². The minimum Gasteiger partial charge on any atom is -0.493 e. The molecule has 0 atom stereocenters. The molecule has 4 rings (SSSR count). The van der Waals surface area contributed by atoms with Crippen molar-refractivity contribution >= 4 is 22.3 Å². The van der Waals surface area contributed by atoms with Crippen molar-refractivity contribution in [3.05, 3.63) is 71.3 Å². The summed E-state index contributed by atoms with van der Waals surface area (Å²) in [5, 5.41) is 9.81. The number of rotatable bonds is 7. The Morgan fingerprint density at radius 3 is 2.33 bits per heavy atom. The van der Waals surface area contributed by atoms with Gasteiger partial charge in [-0.05, 0) is 18.2 Å². The van der Waals surface area contributed by atoms with Crippen LogP contribution in [0, 0.1) is 11.6 Å². The van der Waals surface area contributed by atoms with Crippen LogP contribution in [0.5, 0.6) is 11.5 Å². The van der Waals surface area contributed by atoms with E-state index in [9.17, 15) is 9.90 Å². The summed E-state index contributed by atoms with van der Waals surface area (Å²) in [5.41, 5.74) is 0.129. The monoisotopic (exact) mass is 455 g/mol. The number of ether oxygens (including phenoxy) is 2. The number of aliphatic hydroxyl groups excluding tert-OH is 1. The van der Waals surface area contributed by atoms with Crippen LogP contribution < -0.4 is 19.9 Å². The second-order valence-electron chi connectivity index (χ2n) is 6.85. The second kappa shape index (κ2) is 9.17. The average molecular weight is 455 g/mol. The lowest BCUT2D eigenvalue weighted by atomic mass is 10.1. The van der Waals surface area contributed by atoms with Gasteiger partial charge in [0.15, 0.2) is 23.1 Å². The van der Waals surface area contributed by atoms with Gasteiger partial charge in [-0.2, -0.15) is 0 Å². The fraction of sp³-hybridized carbons (Fsp3) is 0.182. The van der Waals surface area contributed by atoms with Crippen molar-refractivity contribution in [3.8, 4) is 17.2 Å². The molecule has 0 amide bonds. The number of halogens is 2. The molecule has 1 N–H and O–H groups in total. The predicted octanol–water partition coefficient (Wildman–Crippen LogP) is 2.60. The number of benzene rings is 2. The van der Waals surface area contributed by atoms with Gasteiger partial charge in [0.1, 0.15) is 18.3 Å². The van der Waals surface area contributed by atoms with Gasteiger partial charge in [-0.3, -0.25) is 9.36 Å². The molecular formula is C22H19F2N5O4. The zero-order valence-electron chi connectivity index (χ0n) is 17.7. The quantitative estimate of drug-likeness (QED) is 0.454. The maximum Gasteiger partial charge on any atom is 0.265 e. The second-order valence-corrected chi connectivity index (χ2v) is 6.85. The Bertz CT molecular complexity index is 1340. The van der Waals surface area contributed by atoms with Crippen molar-refractivity contribution in [2.45, 2.75) is 0 Å². The fourth-order valence-corrected chi connectivity index (χ4v) is 3.46. The number of hydrogen-bond donors (Lipinski definition) is 1. The molecule has 0 fully saturated rings. The van der Waals surface area contributed by atoms with Crippen LogP contribution >= 0.6 is 0 Å². The number of methoxy groups -OCH3 is 2. The third-order valence-electron chi connectivity index (χ3n) is 5.02. The first-order chi connectivity index (χ1) is 16.0. The van der Waals surface area contributed by atoms with Crippen LogP contribution in [-0.2, 0) is 0 Å². The molecule has 33 heavy (non-hydrogen) atoms. The van der Waals surface area contributed by atoms with Gasteiger partial charge in [-0.25, -0.2) is 23.7 Å². The van der Waals surface area contributed by atoms with Gasteiger partial charge in [-0.1, -0.05) is 0 Å². The van der Waals surface area contributed by atoms with Gasteiger partial charge in [-0.15, -0.1) is 0 Å². The maximum absolute atomic E-state index is 15.2. The lowest BCUT2D eigenvalue weighted by Gasteiger charge is -2.26. The molecule has 0 saturated heterocycles. The Labute approximate surface area is 186 Å². The zero-order valence-corrected chi connectivity index (χ0v) is 17.7. The Balaban J connectivity index is 1.92. The minimum atomic E-state index is -0.977. The summed E-state index contributed by atoms with van der Waals surface area (Å²) in [6.45, 7) is -0.592. The lowest BCUT2D eigenvalue weighted by Crippen LogP contribution is -2.25. The number of anilines is 2. The van der Waals surface area contributed by atoms with E-state index in [0.29, 0.717) is 11.2 Å². The van der Waals surface area contributed by atoms with E-state index in [1.54, 1.807) is 12.1 Å². The summed E-state index contributed by atoms with van der Waals surface area (Å²) < 4.78 is 41.6. The maximum atomic E-state index is 15.2. The van der Waals surface area contributed by atoms with Crippen LogP contribution in [0.1, 0.15) is 0 Å². The molecule has 0 spiro atoms. The Kier molecular flexibility index (Phi) is 6.13. The molecule has 11 heteroatoms. The van der Waals surface area contributed by atoms with E-state index in [-0.39, 0.29) is 29.1 Å². The Hall–Kier alpha value is -4.12. The number of aliphatic hydroxyl groups is 1. The van der Waals surface area contributed by atoms with Crippen LogP contribution in [0.25, 0.3) is 16.6 Å². The largest absolute Gasteiger partial charge is 0.493 e. The highest BCUT2D eigenvalue weighted by Crippen LogP contribution is 2.40. The molecule has 0 aliphatic heterocycles. The highest BCUT2D eigenvalue weighted by Gasteiger charge is 2.26. The molecule has 0 unspecified atom stereocenters. The molecule has 0 saturated carbocycles. The van der Waals surface area contributed by atoms with Crippen molar-refractivity contribution in [2.24, 2.45) is 0 Å². The van der Waals surface area contributed by atoms with Crippen molar-refractivity contribution in [1.82, 2.24) is 19.5 Å². The van der Waals surface area contributed by atoms with Crippen LogP contribution in [0.4, 0.5) is 20.2 Å². The van der Waals surface area contributed by atoms with E-state index < -0.39 is 29.5 Å². The van der Waals surface area contributed by atoms with E-state index in [0.717, 1.165) is 6.07 Å². The Morgan fingerprint density at radius 2 is 1.73 bits per heavy atom. The van der Waals surface area contributed by atoms with Crippen molar-refractivity contribution in [1.29, 1.82) is 0 Å². The predicted molar refractivity (Wildman–Crippen MR) is 116 cm³/mol. The molecule has 2 heterocycles.